The van der Waals surface area contributed by atoms with Crippen molar-refractivity contribution < 1.29 is 14.3 Å². The van der Waals surface area contributed by atoms with Gasteiger partial charge in [-0.1, -0.05) is 24.3 Å². The van der Waals surface area contributed by atoms with Crippen molar-refractivity contribution in [2.75, 3.05) is 6.61 Å². The maximum atomic E-state index is 12.4. The number of hydrogen-bond acceptors (Lipinski definition) is 3. The number of carbonyl (C=O) groups is 1. The van der Waals surface area contributed by atoms with E-state index in [9.17, 15) is 10.0 Å². The summed E-state index contributed by atoms with van der Waals surface area (Å²) in [6.45, 7) is 0.187. The number of rotatable bonds is 3. The first-order valence-electron chi connectivity index (χ1n) is 6.62. The Labute approximate surface area is 121 Å². The van der Waals surface area contributed by atoms with Gasteiger partial charge in [0.15, 0.2) is 0 Å². The van der Waals surface area contributed by atoms with Crippen LogP contribution in [0.1, 0.15) is 5.56 Å². The van der Waals surface area contributed by atoms with Crippen LogP contribution in [0, 0.1) is 5.21 Å². The van der Waals surface area contributed by atoms with Gasteiger partial charge in [-0.25, -0.2) is 4.79 Å². The Balaban J connectivity index is 2.22. The molecule has 0 spiro atoms. The molecule has 21 heavy (non-hydrogen) atoms. The number of fused-ring (bicyclic) bond motifs is 2. The highest BCUT2D eigenvalue weighted by molar-refractivity contribution is 5.94. The van der Waals surface area contributed by atoms with Crippen LogP contribution in [-0.2, 0) is 11.2 Å². The van der Waals surface area contributed by atoms with Gasteiger partial charge in [-0.2, -0.15) is 4.73 Å². The van der Waals surface area contributed by atoms with Crippen molar-refractivity contribution in [3.05, 3.63) is 59.3 Å². The van der Waals surface area contributed by atoms with Crippen molar-refractivity contribution in [2.45, 2.75) is 6.42 Å². The molecule has 0 radical (unpaired) electrons. The predicted octanol–water partition coefficient (Wildman–Crippen LogP) is 2.26. The standard InChI is InChI=1S/C16H14N2O3/c17-16(19)21-10-9-11-12-5-1-3-7-14(12)18(20)15-8-4-2-6-13(11)15/h1-8H,9-10H2,(H2,17,19). The summed E-state index contributed by atoms with van der Waals surface area (Å²) >= 11 is 0. The third kappa shape index (κ3) is 2.33. The zero-order valence-corrected chi connectivity index (χ0v) is 11.3. The Morgan fingerprint density at radius 3 is 2.10 bits per heavy atom. The molecule has 0 saturated carbocycles. The lowest BCUT2D eigenvalue weighted by Crippen LogP contribution is -2.29. The van der Waals surface area contributed by atoms with E-state index in [1.165, 1.54) is 0 Å². The van der Waals surface area contributed by atoms with Gasteiger partial charge in [0.2, 0.25) is 11.0 Å². The molecule has 0 atom stereocenters. The molecule has 0 saturated heterocycles. The van der Waals surface area contributed by atoms with Gasteiger partial charge in [0.05, 0.1) is 17.4 Å². The third-order valence-electron chi connectivity index (χ3n) is 3.49. The molecule has 1 aromatic heterocycles. The summed E-state index contributed by atoms with van der Waals surface area (Å²) in [5.74, 6) is 0. The molecule has 0 fully saturated rings. The van der Waals surface area contributed by atoms with E-state index < -0.39 is 6.09 Å². The van der Waals surface area contributed by atoms with Crippen LogP contribution < -0.4 is 10.5 Å². The normalized spacial score (nSPS) is 10.9. The van der Waals surface area contributed by atoms with E-state index in [0.29, 0.717) is 17.5 Å². The average Bonchev–Trinajstić information content (AvgIpc) is 2.50. The molecule has 0 aliphatic rings. The Morgan fingerprint density at radius 2 is 1.57 bits per heavy atom. The van der Waals surface area contributed by atoms with Gasteiger partial charge in [-0.3, -0.25) is 0 Å². The second-order valence-corrected chi connectivity index (χ2v) is 4.72. The predicted molar refractivity (Wildman–Crippen MR) is 79.7 cm³/mol. The zero-order chi connectivity index (χ0) is 14.8. The molecular weight excluding hydrogens is 268 g/mol. The van der Waals surface area contributed by atoms with E-state index in [2.05, 4.69) is 0 Å². The summed E-state index contributed by atoms with van der Waals surface area (Å²) in [5.41, 5.74) is 7.18. The summed E-state index contributed by atoms with van der Waals surface area (Å²) in [6, 6.07) is 14.8. The maximum absolute atomic E-state index is 12.4. The van der Waals surface area contributed by atoms with Crippen molar-refractivity contribution >= 4 is 27.9 Å². The van der Waals surface area contributed by atoms with Gasteiger partial charge >= 0.3 is 6.09 Å². The molecular formula is C16H14N2O3. The first-order chi connectivity index (χ1) is 10.2. The number of nitrogens with two attached hydrogens (primary N) is 1. The highest BCUT2D eigenvalue weighted by Gasteiger charge is 2.16. The number of nitrogens with zero attached hydrogens (tertiary/aromatic N) is 1. The van der Waals surface area contributed by atoms with Crippen LogP contribution in [0.15, 0.2) is 48.5 Å². The summed E-state index contributed by atoms with van der Waals surface area (Å²) in [7, 11) is 0. The molecule has 3 aromatic rings. The highest BCUT2D eigenvalue weighted by atomic mass is 16.5. The maximum Gasteiger partial charge on any atom is 0.404 e. The second-order valence-electron chi connectivity index (χ2n) is 4.72. The Bertz CT molecular complexity index is 773. The monoisotopic (exact) mass is 282 g/mol. The summed E-state index contributed by atoms with van der Waals surface area (Å²) in [5, 5.41) is 14.2. The Hall–Kier alpha value is -2.82. The molecule has 3 rings (SSSR count). The number of primary amides is 1. The smallest absolute Gasteiger partial charge is 0.404 e. The van der Waals surface area contributed by atoms with Gasteiger partial charge in [0, 0.05) is 18.6 Å². The molecule has 2 N–H and O–H groups in total. The largest absolute Gasteiger partial charge is 0.618 e. The summed E-state index contributed by atoms with van der Waals surface area (Å²) < 4.78 is 5.76. The minimum atomic E-state index is -0.793. The lowest BCUT2D eigenvalue weighted by molar-refractivity contribution is -0.547. The molecule has 1 amide bonds. The molecule has 0 aliphatic carbocycles. The van der Waals surface area contributed by atoms with Crippen LogP contribution >= 0.6 is 0 Å². The number of carbonyl (C=O) groups excluding carboxylic acids is 1. The lowest BCUT2D eigenvalue weighted by Gasteiger charge is -2.12. The van der Waals surface area contributed by atoms with Gasteiger partial charge in [-0.15, -0.1) is 0 Å². The van der Waals surface area contributed by atoms with Gasteiger partial charge in [-0.05, 0) is 17.7 Å². The number of amides is 1. The van der Waals surface area contributed by atoms with E-state index in [1.54, 1.807) is 12.1 Å². The third-order valence-corrected chi connectivity index (χ3v) is 3.49. The number of para-hydroxylation sites is 2. The van der Waals surface area contributed by atoms with E-state index in [0.717, 1.165) is 21.1 Å². The van der Waals surface area contributed by atoms with Crippen LogP contribution in [0.5, 0.6) is 0 Å². The fourth-order valence-corrected chi connectivity index (χ4v) is 2.61. The van der Waals surface area contributed by atoms with Crippen molar-refractivity contribution in [3.8, 4) is 0 Å². The van der Waals surface area contributed by atoms with Gasteiger partial charge in [0.25, 0.3) is 0 Å². The fourth-order valence-electron chi connectivity index (χ4n) is 2.61. The molecule has 5 heteroatoms. The van der Waals surface area contributed by atoms with Crippen LogP contribution in [-0.4, -0.2) is 12.7 Å². The van der Waals surface area contributed by atoms with Crippen LogP contribution in [0.3, 0.4) is 0 Å². The van der Waals surface area contributed by atoms with Gasteiger partial charge < -0.3 is 15.7 Å². The molecule has 0 unspecified atom stereocenters. The first kappa shape index (κ1) is 13.2. The number of ether oxygens (including phenoxy) is 1. The van der Waals surface area contributed by atoms with E-state index >= 15 is 0 Å². The van der Waals surface area contributed by atoms with Crippen molar-refractivity contribution in [1.82, 2.24) is 0 Å². The number of hydrogen-bond donors (Lipinski definition) is 1. The molecule has 0 bridgehead atoms. The van der Waals surface area contributed by atoms with Crippen LogP contribution in [0.4, 0.5) is 4.79 Å². The minimum absolute atomic E-state index is 0.187. The summed E-state index contributed by atoms with van der Waals surface area (Å²) in [6.07, 6.45) is -0.288. The highest BCUT2D eigenvalue weighted by Crippen LogP contribution is 2.25. The second kappa shape index (κ2) is 5.28. The molecule has 2 aromatic carbocycles. The number of pyridine rings is 1. The quantitative estimate of drug-likeness (QED) is 0.454. The van der Waals surface area contributed by atoms with E-state index in [1.807, 2.05) is 36.4 Å². The van der Waals surface area contributed by atoms with E-state index in [-0.39, 0.29) is 6.61 Å². The SMILES string of the molecule is NC(=O)OCCc1c2ccccc2[n+]([O-])c2ccccc12. The Morgan fingerprint density at radius 1 is 1.05 bits per heavy atom. The molecule has 0 aliphatic heterocycles. The van der Waals surface area contributed by atoms with Crippen LogP contribution in [0.2, 0.25) is 0 Å². The van der Waals surface area contributed by atoms with E-state index in [4.69, 9.17) is 10.5 Å². The first-order valence-corrected chi connectivity index (χ1v) is 6.62. The fraction of sp³-hybridized carbons (Fsp3) is 0.125. The molecule has 5 nitrogen and oxygen atoms in total. The average molecular weight is 282 g/mol. The number of aromatic nitrogens is 1. The van der Waals surface area contributed by atoms with Crippen molar-refractivity contribution in [2.24, 2.45) is 5.73 Å². The lowest BCUT2D eigenvalue weighted by atomic mass is 10.0. The summed E-state index contributed by atoms with van der Waals surface area (Å²) in [4.78, 5) is 10.7. The Kier molecular flexibility index (Phi) is 3.31. The number of benzene rings is 2. The molecule has 106 valence electrons. The van der Waals surface area contributed by atoms with Crippen LogP contribution in [0.25, 0.3) is 21.8 Å². The topological polar surface area (TPSA) is 79.3 Å². The molecule has 1 heterocycles. The van der Waals surface area contributed by atoms with Crippen molar-refractivity contribution in [3.63, 3.8) is 0 Å². The van der Waals surface area contributed by atoms with Gasteiger partial charge in [0.1, 0.15) is 0 Å². The van der Waals surface area contributed by atoms with Crippen molar-refractivity contribution in [1.29, 1.82) is 0 Å². The minimum Gasteiger partial charge on any atom is -0.618 e. The zero-order valence-electron chi connectivity index (χ0n) is 11.3.